The van der Waals surface area contributed by atoms with E-state index in [-0.39, 0.29) is 158 Å². The monoisotopic (exact) mass is 1980 g/mol. The number of ketones is 1. The molecular formula is C110H171N11O17S2. The first-order chi connectivity index (χ1) is 65.5. The Labute approximate surface area is 845 Å². The number of likely N-dealkylation sites (N-methyl/N-ethyl adjacent to an activating group) is 4. The minimum atomic E-state index is -0.822. The standard InChI is InChI=1S/C55H83N5O8S.C35H55N5O5S.C19H29NO4.CH4/c1-15-37(6)50(59(12)54(65)42(35(2)3)32-45(61)49(36(4)5)58(11)34-41-24-19-23-40(29-41)31-48(63)68-55(8,9)10)46(66-13)33-47(62)60-27-20-25-44(60)51(67-14)38(7)52(64)57-43(53-56-26-28-69-53)30-39-21-17-16-18-22-39;1-9-23(4)31(39(6)35(43)30(36)22(2)3)28(44-7)21-29(41)40-18-13-16-27(40)32(45-8)24(5)33(42)38-26(34-37-17-19-46-34)20-25-14-11-10-12-15-25;1-13(2)17(18(22)23)20(6)12-15-9-7-8-14(10-15)11-16(21)24-19(3,4)5;/h16-19,21-24,26,28-29,35-38,42-44,46,49-51H,15,20,25,27,30-34H2,1-14H3,(H,57,64);10-12,14-15,17,19,22-24,26-28,30-32H,9,13,16,18,20-21,36H2,1-8H3,(H,38,42);7-10,13,17H,11-12H2,1-6H3,(H,22,23);1H4/t37-,38+,42-,43-,44-,46+,49-,50-,51+;23-,24+,26-,27-,28+,30-,31-,32+;17-;/m000./s1. The van der Waals surface area contributed by atoms with Crippen LogP contribution >= 0.6 is 22.7 Å². The molecule has 2 fully saturated rings. The second kappa shape index (κ2) is 58.5. The van der Waals surface area contributed by atoms with Gasteiger partial charge in [0, 0.05) is 104 Å². The van der Waals surface area contributed by atoms with Crippen LogP contribution in [0.2, 0.25) is 0 Å². The van der Waals surface area contributed by atoms with Gasteiger partial charge in [-0.3, -0.25) is 57.7 Å². The fraction of sp³-hybridized carbons (Fsp3) is 0.636. The zero-order valence-corrected chi connectivity index (χ0v) is 90.0. The first kappa shape index (κ1) is 121. The van der Waals surface area contributed by atoms with Gasteiger partial charge in [-0.25, -0.2) is 9.97 Å². The number of likely N-dealkylation sites (tertiary alicyclic amines) is 2. The third-order valence-electron chi connectivity index (χ3n) is 26.9. The Kier molecular flexibility index (Phi) is 50.7. The van der Waals surface area contributed by atoms with Gasteiger partial charge in [-0.2, -0.15) is 0 Å². The summed E-state index contributed by atoms with van der Waals surface area (Å²) in [6.07, 6.45) is 7.59. The summed E-state index contributed by atoms with van der Waals surface area (Å²) >= 11 is 3.02. The van der Waals surface area contributed by atoms with E-state index in [1.807, 2.05) is 257 Å². The highest BCUT2D eigenvalue weighted by atomic mass is 32.1. The number of nitrogens with zero attached hydrogens (tertiary/aromatic N) is 8. The number of amides is 6. The first-order valence-corrected chi connectivity index (χ1v) is 51.5. The predicted molar refractivity (Wildman–Crippen MR) is 556 cm³/mol. The molecule has 0 aliphatic carbocycles. The minimum Gasteiger partial charge on any atom is -0.480 e. The maximum absolute atomic E-state index is 14.8. The largest absolute Gasteiger partial charge is 0.480 e. The van der Waals surface area contributed by atoms with E-state index in [1.54, 1.807) is 71.8 Å². The molecule has 140 heavy (non-hydrogen) atoms. The molecule has 5 N–H and O–H groups in total. The van der Waals surface area contributed by atoms with Crippen LogP contribution in [0.15, 0.2) is 132 Å². The van der Waals surface area contributed by atoms with Crippen molar-refractivity contribution in [3.63, 3.8) is 0 Å². The molecule has 18 atom stereocenters. The van der Waals surface area contributed by atoms with Crippen molar-refractivity contribution in [2.24, 2.45) is 59.0 Å². The molecule has 4 heterocycles. The van der Waals surface area contributed by atoms with E-state index in [4.69, 9.17) is 34.2 Å². The number of nitrogens with two attached hydrogens (primary N) is 1. The fourth-order valence-corrected chi connectivity index (χ4v) is 20.9. The van der Waals surface area contributed by atoms with Crippen molar-refractivity contribution in [1.82, 2.24) is 50.0 Å². The summed E-state index contributed by atoms with van der Waals surface area (Å²) in [5.74, 6) is -4.03. The summed E-state index contributed by atoms with van der Waals surface area (Å²) in [5, 5.41) is 21.3. The second-order valence-electron chi connectivity index (χ2n) is 41.4. The van der Waals surface area contributed by atoms with Crippen LogP contribution in [0.3, 0.4) is 0 Å². The van der Waals surface area contributed by atoms with Crippen molar-refractivity contribution in [2.75, 3.05) is 69.7 Å². The number of carbonyl (C=O) groups is 10. The summed E-state index contributed by atoms with van der Waals surface area (Å²) in [4.78, 5) is 155. The number of methoxy groups -OCH3 is 4. The van der Waals surface area contributed by atoms with Gasteiger partial charge in [-0.15, -0.1) is 22.7 Å². The number of hydrogen-bond donors (Lipinski definition) is 4. The SMILES string of the molecule is C.CC(C)[C@@H](C(=O)O)N(C)Cc1cccc(CC(=O)OC(C)(C)C)c1.CC[C@H](C)[C@@H]([C@@H](CC(=O)N1CCC[C@H]1[C@H](OC)[C@@H](C)C(=O)N[C@@H](Cc1ccccc1)c1nccs1)OC)N(C)C(=O)[C@@H](CC(=O)[C@H](C(C)C)N(C)Cc1cccc(CC(=O)OC(C)(C)C)c1)C(C)C.CC[C@H](C)[C@@H]([C@@H](CC(=O)N1CCC[C@H]1[C@H](OC)[C@@H](C)C(=O)N[C@@H](Cc1ccccc1)c1nccs1)OC)N(C)C(=O)[C@@H](N)C(C)C. The number of aromatic nitrogens is 2. The number of carboxylic acids is 1. The molecule has 6 aromatic rings. The highest BCUT2D eigenvalue weighted by molar-refractivity contribution is 7.09. The van der Waals surface area contributed by atoms with E-state index in [1.165, 1.54) is 22.7 Å². The number of ether oxygens (including phenoxy) is 6. The van der Waals surface area contributed by atoms with Crippen LogP contribution in [0.25, 0.3) is 0 Å². The number of Topliss-reactive ketones (excluding diaryl/α,β-unsaturated/α-hetero) is 1. The van der Waals surface area contributed by atoms with Crippen molar-refractivity contribution >= 4 is 81.8 Å². The highest BCUT2D eigenvalue weighted by Crippen LogP contribution is 2.36. The normalized spacial score (nSPS) is 17.4. The fourth-order valence-electron chi connectivity index (χ4n) is 19.5. The molecular weight excluding hydrogens is 1810 g/mol. The van der Waals surface area contributed by atoms with Crippen LogP contribution < -0.4 is 16.4 Å². The van der Waals surface area contributed by atoms with Gasteiger partial charge < -0.3 is 69.5 Å². The van der Waals surface area contributed by atoms with Crippen molar-refractivity contribution < 1.29 is 81.5 Å². The Balaban J connectivity index is 0.000000416. The summed E-state index contributed by atoms with van der Waals surface area (Å²) in [6, 6.07) is 31.9. The van der Waals surface area contributed by atoms with Crippen LogP contribution in [0.1, 0.15) is 259 Å². The Hall–Kier alpha value is -9.24. The molecule has 6 amide bonds. The molecule has 0 radical (unpaired) electrons. The highest BCUT2D eigenvalue weighted by Gasteiger charge is 2.47. The van der Waals surface area contributed by atoms with Gasteiger partial charge >= 0.3 is 17.9 Å². The van der Waals surface area contributed by atoms with Crippen molar-refractivity contribution in [2.45, 2.75) is 332 Å². The maximum atomic E-state index is 14.8. The number of thiazole rings is 2. The van der Waals surface area contributed by atoms with E-state index in [2.05, 4.69) is 48.3 Å². The number of aliphatic carboxylic acids is 1. The van der Waals surface area contributed by atoms with Gasteiger partial charge in [0.05, 0.1) is 110 Å². The van der Waals surface area contributed by atoms with Gasteiger partial charge in [0.15, 0.2) is 5.78 Å². The lowest BCUT2D eigenvalue weighted by molar-refractivity contribution is -0.155. The Morgan fingerprint density at radius 2 is 0.850 bits per heavy atom. The molecule has 2 saturated heterocycles. The number of rotatable bonds is 50. The van der Waals surface area contributed by atoms with Crippen molar-refractivity contribution in [1.29, 1.82) is 0 Å². The minimum absolute atomic E-state index is 0. The van der Waals surface area contributed by atoms with E-state index in [0.717, 1.165) is 75.5 Å². The molecule has 0 unspecified atom stereocenters. The zero-order chi connectivity index (χ0) is 104. The van der Waals surface area contributed by atoms with Crippen LogP contribution in [0.5, 0.6) is 0 Å². The Morgan fingerprint density at radius 1 is 0.486 bits per heavy atom. The molecule has 0 bridgehead atoms. The van der Waals surface area contributed by atoms with E-state index in [0.29, 0.717) is 45.4 Å². The molecule has 780 valence electrons. The molecule has 30 heteroatoms. The average molecular weight is 1980 g/mol. The number of nitrogens with one attached hydrogen (secondary N) is 2. The summed E-state index contributed by atoms with van der Waals surface area (Å²) in [7, 11) is 13.7. The number of carboxylic acid groups (broad SMARTS) is 1. The molecule has 8 rings (SSSR count). The maximum Gasteiger partial charge on any atom is 0.321 e. The zero-order valence-electron chi connectivity index (χ0n) is 88.4. The Morgan fingerprint density at radius 3 is 1.17 bits per heavy atom. The van der Waals surface area contributed by atoms with Crippen LogP contribution in [0, 0.1) is 53.3 Å². The third kappa shape index (κ3) is 36.9. The second-order valence-corrected chi connectivity index (χ2v) is 43.3. The van der Waals surface area contributed by atoms with Crippen molar-refractivity contribution in [3.05, 3.63) is 176 Å². The molecule has 0 saturated carbocycles. The lowest BCUT2D eigenvalue weighted by atomic mass is 9.83. The van der Waals surface area contributed by atoms with Gasteiger partial charge in [0.2, 0.25) is 35.4 Å². The van der Waals surface area contributed by atoms with Gasteiger partial charge in [0.1, 0.15) is 27.3 Å². The summed E-state index contributed by atoms with van der Waals surface area (Å²) in [6.45, 7) is 40.8. The molecule has 2 aliphatic heterocycles. The first-order valence-electron chi connectivity index (χ1n) is 49.8. The molecule has 2 aliphatic rings. The quantitative estimate of drug-likeness (QED) is 0.0258. The molecule has 28 nitrogen and oxygen atoms in total. The van der Waals surface area contributed by atoms with Gasteiger partial charge in [-0.05, 0) is 163 Å². The van der Waals surface area contributed by atoms with Crippen molar-refractivity contribution in [3.8, 4) is 0 Å². The van der Waals surface area contributed by atoms with Crippen LogP contribution in [-0.2, 0) is 115 Å². The number of esters is 2. The summed E-state index contributed by atoms with van der Waals surface area (Å²) < 4.78 is 35.0. The van der Waals surface area contributed by atoms with E-state index < -0.39 is 83.5 Å². The lowest BCUT2D eigenvalue weighted by Gasteiger charge is -2.41. The summed E-state index contributed by atoms with van der Waals surface area (Å²) in [5.41, 5.74) is 11.0. The van der Waals surface area contributed by atoms with Crippen LogP contribution in [-0.4, -0.2) is 251 Å². The molecule has 0 spiro atoms. The van der Waals surface area contributed by atoms with Crippen LogP contribution in [0.4, 0.5) is 0 Å². The topological polar surface area (TPSA) is 342 Å². The van der Waals surface area contributed by atoms with E-state index >= 15 is 0 Å². The number of carbonyl (C=O) groups excluding carboxylic acids is 9. The lowest BCUT2D eigenvalue weighted by Crippen LogP contribution is -2.56. The van der Waals surface area contributed by atoms with Gasteiger partial charge in [-0.1, -0.05) is 226 Å². The average Bonchev–Trinajstić information content (AvgIpc) is 1.49. The van der Waals surface area contributed by atoms with Gasteiger partial charge in [0.25, 0.3) is 0 Å². The number of benzene rings is 4. The molecule has 4 aromatic carbocycles. The van der Waals surface area contributed by atoms with E-state index in [9.17, 15) is 53.1 Å². The Bertz CT molecular complexity index is 4760. The predicted octanol–water partition coefficient (Wildman–Crippen LogP) is 16.9. The number of hydrogen-bond acceptors (Lipinski definition) is 23. The third-order valence-corrected chi connectivity index (χ3v) is 28.7. The smallest absolute Gasteiger partial charge is 0.321 e. The molecule has 2 aromatic heterocycles.